The van der Waals surface area contributed by atoms with Gasteiger partial charge in [0.1, 0.15) is 11.6 Å². The van der Waals surface area contributed by atoms with E-state index in [2.05, 4.69) is 31.8 Å². The largest absolute Gasteiger partial charge is 0.497 e. The highest BCUT2D eigenvalue weighted by Crippen LogP contribution is 2.33. The molecule has 0 aromatic carbocycles. The van der Waals surface area contributed by atoms with Crippen molar-refractivity contribution in [2.45, 2.75) is 26.3 Å². The summed E-state index contributed by atoms with van der Waals surface area (Å²) in [6.45, 7) is 4.96. The van der Waals surface area contributed by atoms with Crippen LogP contribution in [0.15, 0.2) is 36.8 Å². The second kappa shape index (κ2) is 6.67. The van der Waals surface area contributed by atoms with Crippen LogP contribution in [0.25, 0.3) is 11.6 Å². The molecular weight excluding hydrogens is 328 g/mol. The third-order valence-electron chi connectivity index (χ3n) is 4.62. The van der Waals surface area contributed by atoms with Gasteiger partial charge in [-0.15, -0.1) is 0 Å². The summed E-state index contributed by atoms with van der Waals surface area (Å²) < 4.78 is 5.39. The normalized spacial score (nSPS) is 16.3. The van der Waals surface area contributed by atoms with E-state index >= 15 is 0 Å². The van der Waals surface area contributed by atoms with E-state index in [1.165, 1.54) is 0 Å². The van der Waals surface area contributed by atoms with Crippen molar-refractivity contribution in [2.24, 2.45) is 0 Å². The Bertz CT molecular complexity index is 931. The van der Waals surface area contributed by atoms with E-state index in [-0.39, 0.29) is 6.04 Å². The zero-order chi connectivity index (χ0) is 18.1. The van der Waals surface area contributed by atoms with Crippen molar-refractivity contribution in [1.29, 1.82) is 0 Å². The van der Waals surface area contributed by atoms with Gasteiger partial charge in [0.2, 0.25) is 0 Å². The SMILES string of the molecule is COc1cc(C)nc(N2CCc3nc(-c4ncccn4)ncc3C2C)c1. The Kier molecular flexibility index (Phi) is 4.20. The van der Waals surface area contributed by atoms with Crippen LogP contribution < -0.4 is 9.64 Å². The molecule has 0 fully saturated rings. The molecule has 0 N–H and O–H groups in total. The fraction of sp³-hybridized carbons (Fsp3) is 0.316. The smallest absolute Gasteiger partial charge is 0.197 e. The third-order valence-corrected chi connectivity index (χ3v) is 4.62. The molecule has 4 heterocycles. The quantitative estimate of drug-likeness (QED) is 0.720. The van der Waals surface area contributed by atoms with Crippen LogP contribution in [0, 0.1) is 6.92 Å². The Balaban J connectivity index is 1.67. The molecular formula is C19H20N6O. The number of hydrogen-bond donors (Lipinski definition) is 0. The van der Waals surface area contributed by atoms with Gasteiger partial charge in [0.25, 0.3) is 0 Å². The zero-order valence-corrected chi connectivity index (χ0v) is 15.0. The minimum Gasteiger partial charge on any atom is -0.497 e. The molecule has 4 rings (SSSR count). The monoisotopic (exact) mass is 348 g/mol. The third kappa shape index (κ3) is 2.96. The molecule has 1 aliphatic heterocycles. The first-order valence-corrected chi connectivity index (χ1v) is 8.58. The topological polar surface area (TPSA) is 76.9 Å². The average Bonchev–Trinajstić information content (AvgIpc) is 2.68. The summed E-state index contributed by atoms with van der Waals surface area (Å²) in [6, 6.07) is 5.82. The van der Waals surface area contributed by atoms with Crippen molar-refractivity contribution in [3.8, 4) is 17.4 Å². The summed E-state index contributed by atoms with van der Waals surface area (Å²) in [5, 5.41) is 0. The van der Waals surface area contributed by atoms with Crippen molar-refractivity contribution >= 4 is 5.82 Å². The molecule has 3 aromatic heterocycles. The zero-order valence-electron chi connectivity index (χ0n) is 15.0. The summed E-state index contributed by atoms with van der Waals surface area (Å²) in [6.07, 6.45) is 6.11. The Labute approximate surface area is 152 Å². The maximum atomic E-state index is 5.39. The average molecular weight is 348 g/mol. The molecule has 26 heavy (non-hydrogen) atoms. The lowest BCUT2D eigenvalue weighted by Gasteiger charge is -2.35. The summed E-state index contributed by atoms with van der Waals surface area (Å²) in [5.41, 5.74) is 3.09. The molecule has 0 radical (unpaired) electrons. The number of pyridine rings is 1. The van der Waals surface area contributed by atoms with Crippen LogP contribution >= 0.6 is 0 Å². The maximum Gasteiger partial charge on any atom is 0.197 e. The van der Waals surface area contributed by atoms with E-state index < -0.39 is 0 Å². The maximum absolute atomic E-state index is 5.39. The number of ether oxygens (including phenoxy) is 1. The van der Waals surface area contributed by atoms with Gasteiger partial charge < -0.3 is 9.64 Å². The van der Waals surface area contributed by atoms with Crippen LogP contribution in [-0.2, 0) is 6.42 Å². The number of fused-ring (bicyclic) bond motifs is 1. The van der Waals surface area contributed by atoms with Crippen molar-refractivity contribution in [2.75, 3.05) is 18.6 Å². The Hall–Kier alpha value is -3.09. The first-order valence-electron chi connectivity index (χ1n) is 8.58. The molecule has 0 saturated carbocycles. The van der Waals surface area contributed by atoms with E-state index in [1.807, 2.05) is 25.3 Å². The molecule has 0 spiro atoms. The first kappa shape index (κ1) is 16.4. The van der Waals surface area contributed by atoms with Gasteiger partial charge in [-0.25, -0.2) is 24.9 Å². The number of methoxy groups -OCH3 is 1. The second-order valence-electron chi connectivity index (χ2n) is 6.29. The van der Waals surface area contributed by atoms with E-state index in [4.69, 9.17) is 9.72 Å². The molecule has 0 aliphatic carbocycles. The Morgan fingerprint density at radius 1 is 1.08 bits per heavy atom. The van der Waals surface area contributed by atoms with Crippen LogP contribution in [0.1, 0.15) is 29.9 Å². The van der Waals surface area contributed by atoms with Crippen LogP contribution in [0.3, 0.4) is 0 Å². The molecule has 0 amide bonds. The standard InChI is InChI=1S/C19H20N6O/c1-12-9-14(26-3)10-17(23-12)25-8-5-16-15(13(25)2)11-22-19(24-16)18-20-6-4-7-21-18/h4,6-7,9-11,13H,5,8H2,1-3H3. The minimum atomic E-state index is 0.128. The number of aryl methyl sites for hydroxylation is 1. The summed E-state index contributed by atoms with van der Waals surface area (Å²) in [4.78, 5) is 24.6. The molecule has 7 nitrogen and oxygen atoms in total. The van der Waals surface area contributed by atoms with Crippen molar-refractivity contribution in [1.82, 2.24) is 24.9 Å². The van der Waals surface area contributed by atoms with Gasteiger partial charge in [-0.05, 0) is 19.9 Å². The molecule has 7 heteroatoms. The Morgan fingerprint density at radius 3 is 2.65 bits per heavy atom. The lowest BCUT2D eigenvalue weighted by Crippen LogP contribution is -2.35. The minimum absolute atomic E-state index is 0.128. The predicted octanol–water partition coefficient (Wildman–Crippen LogP) is 2.77. The van der Waals surface area contributed by atoms with Crippen molar-refractivity contribution in [3.05, 3.63) is 53.7 Å². The Morgan fingerprint density at radius 2 is 1.88 bits per heavy atom. The van der Waals surface area contributed by atoms with Crippen molar-refractivity contribution in [3.63, 3.8) is 0 Å². The van der Waals surface area contributed by atoms with Gasteiger partial charge in [-0.1, -0.05) is 0 Å². The number of anilines is 1. The van der Waals surface area contributed by atoms with Gasteiger partial charge in [-0.3, -0.25) is 0 Å². The number of aromatic nitrogens is 5. The predicted molar refractivity (Wildman–Crippen MR) is 98.0 cm³/mol. The summed E-state index contributed by atoms with van der Waals surface area (Å²) >= 11 is 0. The van der Waals surface area contributed by atoms with Gasteiger partial charge in [0.15, 0.2) is 11.6 Å². The van der Waals surface area contributed by atoms with E-state index in [9.17, 15) is 0 Å². The summed E-state index contributed by atoms with van der Waals surface area (Å²) in [5.74, 6) is 2.85. The molecule has 1 aliphatic rings. The highest BCUT2D eigenvalue weighted by atomic mass is 16.5. The van der Waals surface area contributed by atoms with Crippen LogP contribution in [0.2, 0.25) is 0 Å². The fourth-order valence-electron chi connectivity index (χ4n) is 3.28. The number of nitrogens with zero attached hydrogens (tertiary/aromatic N) is 6. The number of rotatable bonds is 3. The van der Waals surface area contributed by atoms with E-state index in [1.54, 1.807) is 25.6 Å². The van der Waals surface area contributed by atoms with Crippen molar-refractivity contribution < 1.29 is 4.74 Å². The lowest BCUT2D eigenvalue weighted by molar-refractivity contribution is 0.413. The molecule has 3 aromatic rings. The van der Waals surface area contributed by atoms with Gasteiger partial charge >= 0.3 is 0 Å². The molecule has 1 unspecified atom stereocenters. The molecule has 132 valence electrons. The fourth-order valence-corrected chi connectivity index (χ4v) is 3.28. The van der Waals surface area contributed by atoms with Gasteiger partial charge in [0.05, 0.1) is 18.8 Å². The van der Waals surface area contributed by atoms with E-state index in [0.29, 0.717) is 11.6 Å². The highest BCUT2D eigenvalue weighted by Gasteiger charge is 2.27. The van der Waals surface area contributed by atoms with Crippen LogP contribution in [0.5, 0.6) is 5.75 Å². The molecule has 0 bridgehead atoms. The van der Waals surface area contributed by atoms with Crippen LogP contribution in [-0.4, -0.2) is 38.6 Å². The first-order chi connectivity index (χ1) is 12.7. The molecule has 1 atom stereocenters. The second-order valence-corrected chi connectivity index (χ2v) is 6.29. The van der Waals surface area contributed by atoms with E-state index in [0.717, 1.165) is 41.5 Å². The lowest BCUT2D eigenvalue weighted by atomic mass is 9.99. The summed E-state index contributed by atoms with van der Waals surface area (Å²) in [7, 11) is 1.68. The van der Waals surface area contributed by atoms with Gasteiger partial charge in [-0.2, -0.15) is 0 Å². The highest BCUT2D eigenvalue weighted by molar-refractivity contribution is 5.51. The van der Waals surface area contributed by atoms with Gasteiger partial charge in [0, 0.05) is 54.9 Å². The molecule has 0 saturated heterocycles. The van der Waals surface area contributed by atoms with Crippen LogP contribution in [0.4, 0.5) is 5.82 Å². The number of hydrogen-bond acceptors (Lipinski definition) is 7.